The van der Waals surface area contributed by atoms with Gasteiger partial charge in [-0.15, -0.1) is 0 Å². The highest BCUT2D eigenvalue weighted by atomic mass is 16.5. The van der Waals surface area contributed by atoms with Gasteiger partial charge in [-0.05, 0) is 24.3 Å². The summed E-state index contributed by atoms with van der Waals surface area (Å²) in [6, 6.07) is 14.6. The summed E-state index contributed by atoms with van der Waals surface area (Å²) in [5, 5.41) is 5.49. The molecule has 2 amide bonds. The maximum Gasteiger partial charge on any atom is 0.267 e. The number of para-hydroxylation sites is 1. The Bertz CT molecular complexity index is 1030. The number of fused-ring (bicyclic) bond motifs is 2. The van der Waals surface area contributed by atoms with E-state index in [0.717, 1.165) is 43.8 Å². The fourth-order valence-corrected chi connectivity index (χ4v) is 3.89. The molecule has 0 bridgehead atoms. The lowest BCUT2D eigenvalue weighted by atomic mass is 10.1. The maximum absolute atomic E-state index is 12.9. The Kier molecular flexibility index (Phi) is 4.18. The molecule has 1 saturated heterocycles. The molecule has 2 aromatic carbocycles. The minimum absolute atomic E-state index is 0.316. The zero-order chi connectivity index (χ0) is 19.1. The third-order valence-electron chi connectivity index (χ3n) is 5.38. The molecular weight excluding hydrogens is 356 g/mol. The Hall–Kier alpha value is -3.03. The molecule has 142 valence electrons. The van der Waals surface area contributed by atoms with E-state index < -0.39 is 0 Å². The molecule has 28 heavy (non-hydrogen) atoms. The van der Waals surface area contributed by atoms with Crippen LogP contribution in [0.4, 0.5) is 5.82 Å². The summed E-state index contributed by atoms with van der Waals surface area (Å²) in [6.07, 6.45) is 0. The molecule has 0 aliphatic carbocycles. The van der Waals surface area contributed by atoms with Gasteiger partial charge in [0.25, 0.3) is 11.8 Å². The van der Waals surface area contributed by atoms with Crippen molar-refractivity contribution in [2.75, 3.05) is 37.7 Å². The summed E-state index contributed by atoms with van der Waals surface area (Å²) >= 11 is 0. The highest BCUT2D eigenvalue weighted by Crippen LogP contribution is 2.32. The first-order chi connectivity index (χ1) is 13.7. The highest BCUT2D eigenvalue weighted by Gasteiger charge is 2.38. The van der Waals surface area contributed by atoms with Crippen molar-refractivity contribution in [1.82, 2.24) is 14.7 Å². The number of hydrogen-bond acceptors (Lipinski definition) is 5. The zero-order valence-electron chi connectivity index (χ0n) is 15.4. The lowest BCUT2D eigenvalue weighted by Crippen LogP contribution is -2.38. The molecule has 0 unspecified atom stereocenters. The summed E-state index contributed by atoms with van der Waals surface area (Å²) in [6.45, 7) is 4.84. The summed E-state index contributed by atoms with van der Waals surface area (Å²) < 4.78 is 7.29. The van der Waals surface area contributed by atoms with Gasteiger partial charge in [-0.25, -0.2) is 4.90 Å². The van der Waals surface area contributed by atoms with Gasteiger partial charge in [0.15, 0.2) is 5.82 Å². The molecule has 7 nitrogen and oxygen atoms in total. The van der Waals surface area contributed by atoms with Crippen LogP contribution < -0.4 is 4.90 Å². The van der Waals surface area contributed by atoms with Crippen LogP contribution in [0.25, 0.3) is 10.9 Å². The molecular formula is C21H20N4O3. The number of anilines is 1. The van der Waals surface area contributed by atoms with Gasteiger partial charge >= 0.3 is 0 Å². The average molecular weight is 376 g/mol. The van der Waals surface area contributed by atoms with Crippen molar-refractivity contribution < 1.29 is 14.3 Å². The van der Waals surface area contributed by atoms with Crippen LogP contribution in [-0.4, -0.2) is 59.3 Å². The van der Waals surface area contributed by atoms with Crippen LogP contribution in [0.1, 0.15) is 20.7 Å². The van der Waals surface area contributed by atoms with Gasteiger partial charge in [0.1, 0.15) is 0 Å². The molecule has 0 radical (unpaired) electrons. The molecule has 0 N–H and O–H groups in total. The van der Waals surface area contributed by atoms with Crippen molar-refractivity contribution in [3.8, 4) is 0 Å². The molecule has 0 saturated carbocycles. The molecule has 1 fully saturated rings. The summed E-state index contributed by atoms with van der Waals surface area (Å²) in [5.41, 5.74) is 1.78. The minimum Gasteiger partial charge on any atom is -0.379 e. The number of aromatic nitrogens is 2. The van der Waals surface area contributed by atoms with Gasteiger partial charge in [0, 0.05) is 25.0 Å². The Balaban J connectivity index is 1.50. The van der Waals surface area contributed by atoms with Crippen molar-refractivity contribution in [3.63, 3.8) is 0 Å². The molecule has 2 aliphatic rings. The molecule has 0 spiro atoms. The zero-order valence-corrected chi connectivity index (χ0v) is 15.4. The number of hydrogen-bond donors (Lipinski definition) is 0. The number of morpholine rings is 1. The standard InChI is InChI=1S/C21H20N4O3/c26-20-15-5-1-2-6-16(15)21(27)25(20)19-17-7-3-4-8-18(17)24(22-19)10-9-23-11-13-28-14-12-23/h1-8H,9-14H2. The summed E-state index contributed by atoms with van der Waals surface area (Å²) in [4.78, 5) is 29.3. The third kappa shape index (κ3) is 2.71. The number of carbonyl (C=O) groups excluding carboxylic acids is 2. The van der Waals surface area contributed by atoms with E-state index in [1.807, 2.05) is 28.9 Å². The Morgan fingerprint density at radius 1 is 0.857 bits per heavy atom. The van der Waals surface area contributed by atoms with E-state index in [-0.39, 0.29) is 11.8 Å². The van der Waals surface area contributed by atoms with Crippen LogP contribution in [0, 0.1) is 0 Å². The molecule has 7 heteroatoms. The lowest BCUT2D eigenvalue weighted by Gasteiger charge is -2.26. The molecule has 2 aliphatic heterocycles. The van der Waals surface area contributed by atoms with Crippen LogP contribution in [-0.2, 0) is 11.3 Å². The number of imide groups is 1. The predicted molar refractivity (Wildman–Crippen MR) is 105 cm³/mol. The van der Waals surface area contributed by atoms with Crippen LogP contribution in [0.15, 0.2) is 48.5 Å². The Morgan fingerprint density at radius 3 is 2.21 bits per heavy atom. The highest BCUT2D eigenvalue weighted by molar-refractivity contribution is 6.35. The first kappa shape index (κ1) is 17.1. The number of nitrogens with zero attached hydrogens (tertiary/aromatic N) is 4. The van der Waals surface area contributed by atoms with E-state index in [9.17, 15) is 9.59 Å². The van der Waals surface area contributed by atoms with Crippen molar-refractivity contribution in [2.45, 2.75) is 6.54 Å². The molecule has 5 rings (SSSR count). The van der Waals surface area contributed by atoms with Crippen molar-refractivity contribution in [1.29, 1.82) is 0 Å². The van der Waals surface area contributed by atoms with E-state index in [1.54, 1.807) is 24.3 Å². The van der Waals surface area contributed by atoms with Crippen LogP contribution in [0.2, 0.25) is 0 Å². The number of ether oxygens (including phenoxy) is 1. The number of amides is 2. The molecule has 1 aromatic heterocycles. The number of benzene rings is 2. The first-order valence-corrected chi connectivity index (χ1v) is 9.47. The van der Waals surface area contributed by atoms with Gasteiger partial charge in [0.05, 0.1) is 36.4 Å². The smallest absolute Gasteiger partial charge is 0.267 e. The van der Waals surface area contributed by atoms with Crippen molar-refractivity contribution in [2.24, 2.45) is 0 Å². The van der Waals surface area contributed by atoms with Gasteiger partial charge in [-0.1, -0.05) is 24.3 Å². The molecule has 3 aromatic rings. The second-order valence-corrected chi connectivity index (χ2v) is 7.01. The summed E-state index contributed by atoms with van der Waals surface area (Å²) in [7, 11) is 0. The normalized spacial score (nSPS) is 17.5. The lowest BCUT2D eigenvalue weighted by molar-refractivity contribution is 0.0361. The second kappa shape index (κ2) is 6.85. The van der Waals surface area contributed by atoms with Gasteiger partial charge in [-0.2, -0.15) is 5.10 Å². The van der Waals surface area contributed by atoms with Crippen LogP contribution >= 0.6 is 0 Å². The second-order valence-electron chi connectivity index (χ2n) is 7.01. The number of rotatable bonds is 4. The fourth-order valence-electron chi connectivity index (χ4n) is 3.89. The average Bonchev–Trinajstić information content (AvgIpc) is 3.23. The van der Waals surface area contributed by atoms with Crippen LogP contribution in [0.3, 0.4) is 0 Å². The van der Waals surface area contributed by atoms with Crippen LogP contribution in [0.5, 0.6) is 0 Å². The topological polar surface area (TPSA) is 67.7 Å². The monoisotopic (exact) mass is 376 g/mol. The summed E-state index contributed by atoms with van der Waals surface area (Å²) in [5.74, 6) is -0.225. The molecule has 0 atom stereocenters. The largest absolute Gasteiger partial charge is 0.379 e. The Morgan fingerprint density at radius 2 is 1.50 bits per heavy atom. The van der Waals surface area contributed by atoms with E-state index in [4.69, 9.17) is 4.74 Å². The van der Waals surface area contributed by atoms with E-state index in [2.05, 4.69) is 10.00 Å². The van der Waals surface area contributed by atoms with Crippen molar-refractivity contribution in [3.05, 3.63) is 59.7 Å². The van der Waals surface area contributed by atoms with Gasteiger partial charge < -0.3 is 4.74 Å². The van der Waals surface area contributed by atoms with E-state index >= 15 is 0 Å². The molecule has 3 heterocycles. The SMILES string of the molecule is O=C1c2ccccc2C(=O)N1c1nn(CCN2CCOCC2)c2ccccc12. The van der Waals surface area contributed by atoms with Gasteiger partial charge in [-0.3, -0.25) is 19.2 Å². The third-order valence-corrected chi connectivity index (χ3v) is 5.38. The number of carbonyl (C=O) groups is 2. The first-order valence-electron chi connectivity index (χ1n) is 9.47. The van der Waals surface area contributed by atoms with Gasteiger partial charge in [0.2, 0.25) is 0 Å². The predicted octanol–water partition coefficient (Wildman–Crippen LogP) is 2.17. The maximum atomic E-state index is 12.9. The quantitative estimate of drug-likeness (QED) is 0.653. The van der Waals surface area contributed by atoms with E-state index in [1.165, 1.54) is 4.90 Å². The Labute approximate surface area is 162 Å². The van der Waals surface area contributed by atoms with Crippen molar-refractivity contribution >= 4 is 28.5 Å². The van der Waals surface area contributed by atoms with E-state index in [0.29, 0.717) is 23.5 Å². The fraction of sp³-hybridized carbons (Fsp3) is 0.286. The minimum atomic E-state index is -0.316.